The second kappa shape index (κ2) is 6.24. The highest BCUT2D eigenvalue weighted by atomic mass is 16.5. The number of aryl methyl sites for hydroxylation is 1. The summed E-state index contributed by atoms with van der Waals surface area (Å²) < 4.78 is 5.29. The molecular formula is C17H19N3O3. The number of carbonyl (C=O) groups excluding carboxylic acids is 2. The van der Waals surface area contributed by atoms with Crippen molar-refractivity contribution in [2.45, 2.75) is 32.7 Å². The van der Waals surface area contributed by atoms with Gasteiger partial charge in [0.15, 0.2) is 0 Å². The van der Waals surface area contributed by atoms with Gasteiger partial charge in [0.2, 0.25) is 17.7 Å². The van der Waals surface area contributed by atoms with Crippen LogP contribution in [0, 0.1) is 6.92 Å². The van der Waals surface area contributed by atoms with Crippen LogP contribution in [0.1, 0.15) is 25.5 Å². The number of rotatable bonds is 3. The van der Waals surface area contributed by atoms with E-state index < -0.39 is 6.04 Å². The highest BCUT2D eigenvalue weighted by molar-refractivity contribution is 5.99. The number of likely N-dealkylation sites (tertiary alicyclic amines) is 1. The lowest BCUT2D eigenvalue weighted by molar-refractivity contribution is -0.134. The predicted molar refractivity (Wildman–Crippen MR) is 85.7 cm³/mol. The van der Waals surface area contributed by atoms with Gasteiger partial charge < -0.3 is 9.42 Å². The molecule has 1 aromatic heterocycles. The number of hydrogen-bond donors (Lipinski definition) is 1. The average Bonchev–Trinajstić information content (AvgIpc) is 3.15. The van der Waals surface area contributed by atoms with Gasteiger partial charge in [-0.2, -0.15) is 0 Å². The molecule has 2 heterocycles. The first kappa shape index (κ1) is 15.3. The van der Waals surface area contributed by atoms with E-state index in [2.05, 4.69) is 10.5 Å². The second-order valence-corrected chi connectivity index (χ2v) is 5.70. The molecule has 0 bridgehead atoms. The largest absolute Gasteiger partial charge is 0.337 e. The zero-order chi connectivity index (χ0) is 16.4. The van der Waals surface area contributed by atoms with Crippen LogP contribution in [-0.4, -0.2) is 34.5 Å². The third kappa shape index (κ3) is 2.97. The Bertz CT molecular complexity index is 724. The molecule has 23 heavy (non-hydrogen) atoms. The number of nitrogens with zero attached hydrogens (tertiary/aromatic N) is 2. The summed E-state index contributed by atoms with van der Waals surface area (Å²) in [4.78, 5) is 25.7. The molecule has 0 spiro atoms. The molecule has 3 rings (SSSR count). The van der Waals surface area contributed by atoms with Crippen molar-refractivity contribution >= 4 is 17.7 Å². The SMILES string of the molecule is CC(=O)N1CCC[C@H]1C(=O)Nc1onc(C)c1-c1ccccc1. The van der Waals surface area contributed by atoms with Gasteiger partial charge in [0, 0.05) is 13.5 Å². The van der Waals surface area contributed by atoms with Gasteiger partial charge in [0.25, 0.3) is 0 Å². The second-order valence-electron chi connectivity index (χ2n) is 5.70. The zero-order valence-corrected chi connectivity index (χ0v) is 13.2. The standard InChI is InChI=1S/C17H19N3O3/c1-11-15(13-7-4-3-5-8-13)17(23-19-11)18-16(22)14-9-6-10-20(14)12(2)21/h3-5,7-8,14H,6,9-10H2,1-2H3,(H,18,22)/t14-/m0/s1. The average molecular weight is 313 g/mol. The third-order valence-corrected chi connectivity index (χ3v) is 4.12. The molecule has 1 aliphatic rings. The Morgan fingerprint density at radius 2 is 2.04 bits per heavy atom. The van der Waals surface area contributed by atoms with E-state index in [1.54, 1.807) is 4.90 Å². The van der Waals surface area contributed by atoms with Crippen LogP contribution in [0.4, 0.5) is 5.88 Å². The number of aromatic nitrogens is 1. The summed E-state index contributed by atoms with van der Waals surface area (Å²) in [5, 5.41) is 6.75. The van der Waals surface area contributed by atoms with E-state index in [9.17, 15) is 9.59 Å². The lowest BCUT2D eigenvalue weighted by atomic mass is 10.1. The maximum atomic E-state index is 12.5. The Hall–Kier alpha value is -2.63. The van der Waals surface area contributed by atoms with E-state index in [1.807, 2.05) is 37.3 Å². The summed E-state index contributed by atoms with van der Waals surface area (Å²) >= 11 is 0. The number of carbonyl (C=O) groups is 2. The van der Waals surface area contributed by atoms with Crippen molar-refractivity contribution in [2.75, 3.05) is 11.9 Å². The maximum Gasteiger partial charge on any atom is 0.249 e. The van der Waals surface area contributed by atoms with E-state index >= 15 is 0 Å². The minimum atomic E-state index is -0.443. The van der Waals surface area contributed by atoms with Crippen molar-refractivity contribution in [1.82, 2.24) is 10.1 Å². The van der Waals surface area contributed by atoms with E-state index in [1.165, 1.54) is 6.92 Å². The monoisotopic (exact) mass is 313 g/mol. The molecule has 1 atom stereocenters. The highest BCUT2D eigenvalue weighted by Crippen LogP contribution is 2.31. The Labute approximate surface area is 134 Å². The molecule has 0 saturated carbocycles. The number of amides is 2. The van der Waals surface area contributed by atoms with Crippen LogP contribution in [0.2, 0.25) is 0 Å². The number of benzene rings is 1. The number of hydrogen-bond acceptors (Lipinski definition) is 4. The predicted octanol–water partition coefficient (Wildman–Crippen LogP) is 2.60. The summed E-state index contributed by atoms with van der Waals surface area (Å²) in [7, 11) is 0. The molecule has 2 amide bonds. The molecule has 1 aromatic carbocycles. The van der Waals surface area contributed by atoms with Crippen molar-refractivity contribution in [1.29, 1.82) is 0 Å². The van der Waals surface area contributed by atoms with E-state index in [0.717, 1.165) is 17.5 Å². The smallest absolute Gasteiger partial charge is 0.249 e. The Morgan fingerprint density at radius 3 is 2.74 bits per heavy atom. The molecule has 0 unspecified atom stereocenters. The number of anilines is 1. The molecule has 1 saturated heterocycles. The number of nitrogens with one attached hydrogen (secondary N) is 1. The fourth-order valence-corrected chi connectivity index (χ4v) is 3.01. The van der Waals surface area contributed by atoms with E-state index in [4.69, 9.17) is 4.52 Å². The molecule has 6 heteroatoms. The van der Waals surface area contributed by atoms with Gasteiger partial charge in [0.05, 0.1) is 11.3 Å². The van der Waals surface area contributed by atoms with E-state index in [-0.39, 0.29) is 11.8 Å². The van der Waals surface area contributed by atoms with Crippen molar-refractivity contribution < 1.29 is 14.1 Å². The third-order valence-electron chi connectivity index (χ3n) is 4.12. The summed E-state index contributed by atoms with van der Waals surface area (Å²) in [5.41, 5.74) is 2.41. The van der Waals surface area contributed by atoms with Crippen molar-refractivity contribution in [2.24, 2.45) is 0 Å². The highest BCUT2D eigenvalue weighted by Gasteiger charge is 2.33. The summed E-state index contributed by atoms with van der Waals surface area (Å²) in [6.07, 6.45) is 1.50. The normalized spacial score (nSPS) is 17.3. The molecule has 6 nitrogen and oxygen atoms in total. The summed E-state index contributed by atoms with van der Waals surface area (Å²) in [6, 6.07) is 9.19. The van der Waals surface area contributed by atoms with Crippen LogP contribution < -0.4 is 5.32 Å². The van der Waals surface area contributed by atoms with Crippen LogP contribution >= 0.6 is 0 Å². The fourth-order valence-electron chi connectivity index (χ4n) is 3.01. The van der Waals surface area contributed by atoms with Gasteiger partial charge in [0.1, 0.15) is 6.04 Å². The zero-order valence-electron chi connectivity index (χ0n) is 13.2. The van der Waals surface area contributed by atoms with Crippen LogP contribution in [0.5, 0.6) is 0 Å². The van der Waals surface area contributed by atoms with Crippen LogP contribution in [0.15, 0.2) is 34.9 Å². The summed E-state index contributed by atoms with van der Waals surface area (Å²) in [6.45, 7) is 3.94. The Morgan fingerprint density at radius 1 is 1.30 bits per heavy atom. The maximum absolute atomic E-state index is 12.5. The van der Waals surface area contributed by atoms with Crippen molar-refractivity contribution in [3.05, 3.63) is 36.0 Å². The quantitative estimate of drug-likeness (QED) is 0.945. The van der Waals surface area contributed by atoms with Gasteiger partial charge in [-0.3, -0.25) is 14.9 Å². The van der Waals surface area contributed by atoms with Gasteiger partial charge in [-0.05, 0) is 25.3 Å². The molecule has 0 aliphatic carbocycles. The van der Waals surface area contributed by atoms with Crippen LogP contribution in [0.3, 0.4) is 0 Å². The van der Waals surface area contributed by atoms with Crippen LogP contribution in [-0.2, 0) is 9.59 Å². The topological polar surface area (TPSA) is 75.4 Å². The molecule has 120 valence electrons. The first-order valence-corrected chi connectivity index (χ1v) is 7.67. The molecular weight excluding hydrogens is 294 g/mol. The first-order chi connectivity index (χ1) is 11.1. The van der Waals surface area contributed by atoms with Gasteiger partial charge in [-0.1, -0.05) is 35.5 Å². The fraction of sp³-hybridized carbons (Fsp3) is 0.353. The molecule has 1 aliphatic heterocycles. The van der Waals surface area contributed by atoms with Crippen molar-refractivity contribution in [3.63, 3.8) is 0 Å². The van der Waals surface area contributed by atoms with Crippen molar-refractivity contribution in [3.8, 4) is 11.1 Å². The van der Waals surface area contributed by atoms with Crippen LogP contribution in [0.25, 0.3) is 11.1 Å². The lowest BCUT2D eigenvalue weighted by Gasteiger charge is -2.21. The minimum absolute atomic E-state index is 0.0836. The lowest BCUT2D eigenvalue weighted by Crippen LogP contribution is -2.42. The molecule has 1 fully saturated rings. The Kier molecular flexibility index (Phi) is 4.14. The van der Waals surface area contributed by atoms with E-state index in [0.29, 0.717) is 24.5 Å². The Balaban J connectivity index is 1.84. The minimum Gasteiger partial charge on any atom is -0.337 e. The molecule has 2 aromatic rings. The molecule has 1 N–H and O–H groups in total. The van der Waals surface area contributed by atoms with Gasteiger partial charge >= 0.3 is 0 Å². The van der Waals surface area contributed by atoms with Gasteiger partial charge in [-0.25, -0.2) is 0 Å². The molecule has 0 radical (unpaired) electrons. The first-order valence-electron chi connectivity index (χ1n) is 7.67. The van der Waals surface area contributed by atoms with Gasteiger partial charge in [-0.15, -0.1) is 0 Å². The summed E-state index contributed by atoms with van der Waals surface area (Å²) in [5.74, 6) is 0.0137.